The number of halogens is 1. The van der Waals surface area contributed by atoms with E-state index in [0.29, 0.717) is 12.1 Å². The molecular formula is C16H19BrN2OS. The maximum atomic E-state index is 12.4. The summed E-state index contributed by atoms with van der Waals surface area (Å²) in [6, 6.07) is 7.95. The predicted molar refractivity (Wildman–Crippen MR) is 93.1 cm³/mol. The van der Waals surface area contributed by atoms with Gasteiger partial charge in [-0.3, -0.25) is 4.79 Å². The van der Waals surface area contributed by atoms with Crippen LogP contribution in [-0.2, 0) is 6.54 Å². The molecule has 0 radical (unpaired) electrons. The van der Waals surface area contributed by atoms with Gasteiger partial charge in [0.05, 0.1) is 12.1 Å². The van der Waals surface area contributed by atoms with Gasteiger partial charge in [0.15, 0.2) is 0 Å². The molecule has 0 atom stereocenters. The molecule has 0 unspecified atom stereocenters. The fourth-order valence-corrected chi connectivity index (χ4v) is 3.36. The number of amides is 1. The van der Waals surface area contributed by atoms with Gasteiger partial charge in [-0.2, -0.15) is 0 Å². The van der Waals surface area contributed by atoms with Crippen LogP contribution in [0.5, 0.6) is 0 Å². The molecule has 0 saturated carbocycles. The summed E-state index contributed by atoms with van der Waals surface area (Å²) in [6.45, 7) is 5.52. The number of rotatable bonds is 6. The number of benzene rings is 1. The van der Waals surface area contributed by atoms with Crippen LogP contribution in [-0.4, -0.2) is 12.5 Å². The lowest BCUT2D eigenvalue weighted by Gasteiger charge is -2.12. The molecule has 1 aromatic carbocycles. The van der Waals surface area contributed by atoms with E-state index in [1.54, 1.807) is 11.3 Å². The van der Waals surface area contributed by atoms with Gasteiger partial charge in [0, 0.05) is 27.0 Å². The van der Waals surface area contributed by atoms with E-state index in [1.165, 1.54) is 0 Å². The Labute approximate surface area is 137 Å². The monoisotopic (exact) mass is 366 g/mol. The Hall–Kier alpha value is -1.33. The van der Waals surface area contributed by atoms with Gasteiger partial charge >= 0.3 is 0 Å². The molecule has 1 amide bonds. The Morgan fingerprint density at radius 2 is 2.14 bits per heavy atom. The van der Waals surface area contributed by atoms with Crippen LogP contribution in [0.3, 0.4) is 0 Å². The van der Waals surface area contributed by atoms with E-state index >= 15 is 0 Å². The van der Waals surface area contributed by atoms with Crippen LogP contribution >= 0.6 is 27.3 Å². The minimum atomic E-state index is -0.0400. The second-order valence-corrected chi connectivity index (χ2v) is 6.80. The summed E-state index contributed by atoms with van der Waals surface area (Å²) >= 11 is 5.05. The zero-order chi connectivity index (χ0) is 15.2. The quantitative estimate of drug-likeness (QED) is 0.785. The minimum Gasteiger partial charge on any atom is -0.384 e. The number of carbonyl (C=O) groups is 1. The van der Waals surface area contributed by atoms with Gasteiger partial charge in [0.2, 0.25) is 0 Å². The zero-order valence-electron chi connectivity index (χ0n) is 12.2. The lowest BCUT2D eigenvalue weighted by atomic mass is 10.1. The highest BCUT2D eigenvalue weighted by Gasteiger charge is 2.11. The van der Waals surface area contributed by atoms with Crippen LogP contribution in [0.2, 0.25) is 0 Å². The van der Waals surface area contributed by atoms with E-state index in [1.807, 2.05) is 36.6 Å². The number of thiophene rings is 1. The lowest BCUT2D eigenvalue weighted by Crippen LogP contribution is -2.23. The van der Waals surface area contributed by atoms with Crippen molar-refractivity contribution in [1.82, 2.24) is 5.32 Å². The topological polar surface area (TPSA) is 41.1 Å². The summed E-state index contributed by atoms with van der Waals surface area (Å²) in [7, 11) is 0. The molecule has 5 heteroatoms. The van der Waals surface area contributed by atoms with Gasteiger partial charge in [-0.25, -0.2) is 0 Å². The molecule has 21 heavy (non-hydrogen) atoms. The van der Waals surface area contributed by atoms with Crippen LogP contribution in [0.1, 0.15) is 34.1 Å². The van der Waals surface area contributed by atoms with E-state index in [4.69, 9.17) is 0 Å². The fourth-order valence-electron chi connectivity index (χ4n) is 1.97. The highest BCUT2D eigenvalue weighted by Crippen LogP contribution is 2.21. The highest BCUT2D eigenvalue weighted by molar-refractivity contribution is 9.10. The number of anilines is 1. The molecule has 0 aliphatic rings. The second-order valence-electron chi connectivity index (χ2n) is 4.89. The Kier molecular flexibility index (Phi) is 5.82. The third-order valence-electron chi connectivity index (χ3n) is 3.03. The first-order valence-corrected chi connectivity index (χ1v) is 8.63. The van der Waals surface area contributed by atoms with E-state index in [2.05, 4.69) is 33.5 Å². The van der Waals surface area contributed by atoms with E-state index < -0.39 is 0 Å². The standard InChI is InChI=1S/C16H19BrN2OS/c1-3-6-18-15-5-4-11(2)7-14(15)16(20)19-9-13-8-12(17)10-21-13/h4-5,7-8,10,18H,3,6,9H2,1-2H3,(H,19,20). The van der Waals surface area contributed by atoms with Gasteiger partial charge < -0.3 is 10.6 Å². The molecule has 0 fully saturated rings. The Morgan fingerprint density at radius 1 is 1.33 bits per heavy atom. The first-order chi connectivity index (χ1) is 10.1. The van der Waals surface area contributed by atoms with Crippen molar-refractivity contribution in [3.05, 3.63) is 50.1 Å². The van der Waals surface area contributed by atoms with Crippen molar-refractivity contribution in [1.29, 1.82) is 0 Å². The van der Waals surface area contributed by atoms with Gasteiger partial charge in [0.25, 0.3) is 5.91 Å². The number of hydrogen-bond acceptors (Lipinski definition) is 3. The molecule has 1 aromatic heterocycles. The largest absolute Gasteiger partial charge is 0.384 e. The van der Waals surface area contributed by atoms with Crippen molar-refractivity contribution in [2.24, 2.45) is 0 Å². The van der Waals surface area contributed by atoms with Crippen molar-refractivity contribution in [3.63, 3.8) is 0 Å². The average Bonchev–Trinajstić information content (AvgIpc) is 2.89. The van der Waals surface area contributed by atoms with E-state index in [9.17, 15) is 4.79 Å². The summed E-state index contributed by atoms with van der Waals surface area (Å²) < 4.78 is 1.05. The molecule has 0 aliphatic heterocycles. The number of aryl methyl sites for hydroxylation is 1. The first-order valence-electron chi connectivity index (χ1n) is 6.95. The summed E-state index contributed by atoms with van der Waals surface area (Å²) in [4.78, 5) is 13.5. The van der Waals surface area contributed by atoms with Crippen LogP contribution in [0.25, 0.3) is 0 Å². The van der Waals surface area contributed by atoms with Gasteiger partial charge in [-0.15, -0.1) is 11.3 Å². The zero-order valence-corrected chi connectivity index (χ0v) is 14.6. The van der Waals surface area contributed by atoms with E-state index in [0.717, 1.165) is 33.6 Å². The number of carbonyl (C=O) groups excluding carboxylic acids is 1. The summed E-state index contributed by atoms with van der Waals surface area (Å²) in [5.74, 6) is -0.0400. The van der Waals surface area contributed by atoms with Crippen LogP contribution in [0, 0.1) is 6.92 Å². The SMILES string of the molecule is CCCNc1ccc(C)cc1C(=O)NCc1cc(Br)cs1. The average molecular weight is 367 g/mol. The summed E-state index contributed by atoms with van der Waals surface area (Å²) in [6.07, 6.45) is 1.03. The maximum absolute atomic E-state index is 12.4. The highest BCUT2D eigenvalue weighted by atomic mass is 79.9. The molecule has 112 valence electrons. The van der Waals surface area contributed by atoms with Gasteiger partial charge in [-0.05, 0) is 47.5 Å². The van der Waals surface area contributed by atoms with Crippen molar-refractivity contribution >= 4 is 38.9 Å². The molecule has 2 aromatic rings. The molecule has 0 spiro atoms. The molecule has 0 saturated heterocycles. The second kappa shape index (κ2) is 7.61. The van der Waals surface area contributed by atoms with Crippen LogP contribution in [0.4, 0.5) is 5.69 Å². The summed E-state index contributed by atoms with van der Waals surface area (Å²) in [5, 5.41) is 8.31. The maximum Gasteiger partial charge on any atom is 0.253 e. The lowest BCUT2D eigenvalue weighted by molar-refractivity contribution is 0.0952. The third kappa shape index (κ3) is 4.58. The van der Waals surface area contributed by atoms with E-state index in [-0.39, 0.29) is 5.91 Å². The van der Waals surface area contributed by atoms with Crippen LogP contribution < -0.4 is 10.6 Å². The predicted octanol–water partition coefficient (Wildman–Crippen LogP) is 4.57. The van der Waals surface area contributed by atoms with Gasteiger partial charge in [-0.1, -0.05) is 18.6 Å². The Morgan fingerprint density at radius 3 is 2.81 bits per heavy atom. The Bertz CT molecular complexity index is 624. The molecule has 0 bridgehead atoms. The third-order valence-corrected chi connectivity index (χ3v) is 4.73. The first kappa shape index (κ1) is 16.0. The smallest absolute Gasteiger partial charge is 0.253 e. The van der Waals surface area contributed by atoms with Crippen molar-refractivity contribution in [2.75, 3.05) is 11.9 Å². The van der Waals surface area contributed by atoms with Crippen LogP contribution in [0.15, 0.2) is 34.1 Å². The minimum absolute atomic E-state index is 0.0400. The molecule has 1 heterocycles. The molecule has 2 N–H and O–H groups in total. The molecule has 0 aliphatic carbocycles. The molecule has 2 rings (SSSR count). The molecule has 3 nitrogen and oxygen atoms in total. The van der Waals surface area contributed by atoms with Crippen molar-refractivity contribution in [2.45, 2.75) is 26.8 Å². The van der Waals surface area contributed by atoms with Gasteiger partial charge in [0.1, 0.15) is 0 Å². The van der Waals surface area contributed by atoms with Crippen molar-refractivity contribution in [3.8, 4) is 0 Å². The summed E-state index contributed by atoms with van der Waals surface area (Å²) in [5.41, 5.74) is 2.69. The van der Waals surface area contributed by atoms with Crippen molar-refractivity contribution < 1.29 is 4.79 Å². The Balaban J connectivity index is 2.08. The fraction of sp³-hybridized carbons (Fsp3) is 0.312. The normalized spacial score (nSPS) is 10.4. The number of hydrogen-bond donors (Lipinski definition) is 2. The number of nitrogens with one attached hydrogen (secondary N) is 2. The molecular weight excluding hydrogens is 348 g/mol.